The van der Waals surface area contributed by atoms with Crippen LogP contribution in [0.1, 0.15) is 39.0 Å². The summed E-state index contributed by atoms with van der Waals surface area (Å²) in [5, 5.41) is 9.01. The largest absolute Gasteiger partial charge is 0.480 e. The Bertz CT molecular complexity index is 270. The molecule has 2 fully saturated rings. The maximum absolute atomic E-state index is 10.9. The van der Waals surface area contributed by atoms with Crippen LogP contribution in [0.15, 0.2) is 0 Å². The van der Waals surface area contributed by atoms with Crippen molar-refractivity contribution in [1.29, 1.82) is 0 Å². The van der Waals surface area contributed by atoms with Crippen LogP contribution in [0.5, 0.6) is 0 Å². The molecule has 2 aliphatic heterocycles. The molecule has 2 unspecified atom stereocenters. The van der Waals surface area contributed by atoms with E-state index in [2.05, 4.69) is 16.7 Å². The number of carbonyl (C=O) groups is 1. The first-order valence-corrected chi connectivity index (χ1v) is 6.92. The van der Waals surface area contributed by atoms with E-state index in [1.165, 1.54) is 25.8 Å². The monoisotopic (exact) mass is 240 g/mol. The fourth-order valence-electron chi connectivity index (χ4n) is 3.47. The van der Waals surface area contributed by atoms with E-state index in [9.17, 15) is 4.79 Å². The molecule has 2 saturated heterocycles. The molecule has 0 amide bonds. The molecule has 2 atom stereocenters. The van der Waals surface area contributed by atoms with Gasteiger partial charge in [0.1, 0.15) is 0 Å². The van der Waals surface area contributed by atoms with E-state index in [-0.39, 0.29) is 6.54 Å². The summed E-state index contributed by atoms with van der Waals surface area (Å²) in [6.07, 6.45) is 6.07. The zero-order chi connectivity index (χ0) is 12.3. The van der Waals surface area contributed by atoms with E-state index in [4.69, 9.17) is 5.11 Å². The lowest BCUT2D eigenvalue weighted by molar-refractivity contribution is -0.139. The third-order valence-corrected chi connectivity index (χ3v) is 4.14. The fourth-order valence-corrected chi connectivity index (χ4v) is 3.47. The van der Waals surface area contributed by atoms with Gasteiger partial charge < -0.3 is 5.11 Å². The molecule has 98 valence electrons. The molecule has 2 heterocycles. The molecular weight excluding hydrogens is 216 g/mol. The van der Waals surface area contributed by atoms with Crippen LogP contribution in [0.3, 0.4) is 0 Å². The van der Waals surface area contributed by atoms with Crippen LogP contribution in [0.25, 0.3) is 0 Å². The quantitative estimate of drug-likeness (QED) is 0.789. The molecule has 17 heavy (non-hydrogen) atoms. The molecule has 2 aliphatic rings. The maximum Gasteiger partial charge on any atom is 0.317 e. The lowest BCUT2D eigenvalue weighted by Crippen LogP contribution is -2.48. The van der Waals surface area contributed by atoms with E-state index in [0.717, 1.165) is 25.9 Å². The van der Waals surface area contributed by atoms with Crippen molar-refractivity contribution in [2.75, 3.05) is 26.2 Å². The van der Waals surface area contributed by atoms with Gasteiger partial charge in [-0.05, 0) is 38.8 Å². The van der Waals surface area contributed by atoms with Crippen molar-refractivity contribution in [3.63, 3.8) is 0 Å². The molecule has 0 saturated carbocycles. The minimum Gasteiger partial charge on any atom is -0.480 e. The summed E-state index contributed by atoms with van der Waals surface area (Å²) in [5.74, 6) is -0.687. The average Bonchev–Trinajstić information content (AvgIpc) is 2.71. The second kappa shape index (κ2) is 5.83. The van der Waals surface area contributed by atoms with Crippen LogP contribution >= 0.6 is 0 Å². The molecule has 0 radical (unpaired) electrons. The molecule has 2 rings (SSSR count). The predicted molar refractivity (Wildman–Crippen MR) is 67.1 cm³/mol. The highest BCUT2D eigenvalue weighted by molar-refractivity contribution is 5.69. The molecule has 4 heteroatoms. The molecular formula is C13H24N2O2. The van der Waals surface area contributed by atoms with Crippen molar-refractivity contribution in [2.45, 2.75) is 51.1 Å². The molecule has 0 bridgehead atoms. The minimum absolute atomic E-state index is 0.211. The molecule has 0 aliphatic carbocycles. The second-order valence-corrected chi connectivity index (χ2v) is 5.32. The summed E-state index contributed by atoms with van der Waals surface area (Å²) in [6, 6.07) is 1.10. The van der Waals surface area contributed by atoms with Crippen LogP contribution in [0.2, 0.25) is 0 Å². The molecule has 0 aromatic heterocycles. The lowest BCUT2D eigenvalue weighted by Gasteiger charge is -2.37. The van der Waals surface area contributed by atoms with Gasteiger partial charge in [0, 0.05) is 18.6 Å². The Morgan fingerprint density at radius 3 is 2.88 bits per heavy atom. The maximum atomic E-state index is 10.9. The van der Waals surface area contributed by atoms with Crippen molar-refractivity contribution in [3.8, 4) is 0 Å². The third kappa shape index (κ3) is 2.99. The van der Waals surface area contributed by atoms with Crippen molar-refractivity contribution in [1.82, 2.24) is 9.80 Å². The Labute approximate surface area is 104 Å². The number of nitrogens with zero attached hydrogens (tertiary/aromatic N) is 2. The van der Waals surface area contributed by atoms with Crippen LogP contribution in [-0.2, 0) is 4.79 Å². The SMILES string of the molecule is CCCN(CC(=O)O)C1CCN2CCCCC12. The first kappa shape index (κ1) is 12.8. The van der Waals surface area contributed by atoms with Crippen molar-refractivity contribution in [3.05, 3.63) is 0 Å². The van der Waals surface area contributed by atoms with E-state index in [1.807, 2.05) is 0 Å². The first-order chi connectivity index (χ1) is 8.22. The summed E-state index contributed by atoms with van der Waals surface area (Å²) in [7, 11) is 0. The number of fused-ring (bicyclic) bond motifs is 1. The lowest BCUT2D eigenvalue weighted by atomic mass is 9.97. The van der Waals surface area contributed by atoms with E-state index in [1.54, 1.807) is 0 Å². The summed E-state index contributed by atoms with van der Waals surface area (Å²) in [4.78, 5) is 15.7. The molecule has 0 spiro atoms. The van der Waals surface area contributed by atoms with Gasteiger partial charge >= 0.3 is 5.97 Å². The standard InChI is InChI=1S/C13H24N2O2/c1-2-7-15(10-13(16)17)12-6-9-14-8-4-3-5-11(12)14/h11-12H,2-10H2,1H3,(H,16,17). The molecule has 0 aromatic rings. The molecule has 0 aromatic carbocycles. The Hall–Kier alpha value is -0.610. The van der Waals surface area contributed by atoms with Gasteiger partial charge in [-0.15, -0.1) is 0 Å². The number of carboxylic acids is 1. The first-order valence-electron chi connectivity index (χ1n) is 6.92. The smallest absolute Gasteiger partial charge is 0.317 e. The summed E-state index contributed by atoms with van der Waals surface area (Å²) >= 11 is 0. The van der Waals surface area contributed by atoms with E-state index >= 15 is 0 Å². The molecule has 4 nitrogen and oxygen atoms in total. The van der Waals surface area contributed by atoms with E-state index in [0.29, 0.717) is 12.1 Å². The third-order valence-electron chi connectivity index (χ3n) is 4.14. The summed E-state index contributed by atoms with van der Waals surface area (Å²) in [5.41, 5.74) is 0. The van der Waals surface area contributed by atoms with Gasteiger partial charge in [0.25, 0.3) is 0 Å². The van der Waals surface area contributed by atoms with Gasteiger partial charge in [-0.1, -0.05) is 13.3 Å². The van der Waals surface area contributed by atoms with Gasteiger partial charge in [0.15, 0.2) is 0 Å². The van der Waals surface area contributed by atoms with Crippen molar-refractivity contribution >= 4 is 5.97 Å². The normalized spacial score (nSPS) is 29.5. The Balaban J connectivity index is 1.99. The van der Waals surface area contributed by atoms with Crippen molar-refractivity contribution < 1.29 is 9.90 Å². The van der Waals surface area contributed by atoms with Crippen LogP contribution in [0.4, 0.5) is 0 Å². The summed E-state index contributed by atoms with van der Waals surface area (Å²) in [6.45, 7) is 5.63. The number of carboxylic acid groups (broad SMARTS) is 1. The highest BCUT2D eigenvalue weighted by atomic mass is 16.4. The zero-order valence-corrected chi connectivity index (χ0v) is 10.8. The van der Waals surface area contributed by atoms with Gasteiger partial charge in [-0.2, -0.15) is 0 Å². The second-order valence-electron chi connectivity index (χ2n) is 5.32. The highest BCUT2D eigenvalue weighted by Gasteiger charge is 2.38. The average molecular weight is 240 g/mol. The predicted octanol–water partition coefficient (Wildman–Crippen LogP) is 1.41. The number of hydrogen-bond acceptors (Lipinski definition) is 3. The number of piperidine rings is 1. The minimum atomic E-state index is -0.687. The Morgan fingerprint density at radius 1 is 1.35 bits per heavy atom. The number of rotatable bonds is 5. The Kier molecular flexibility index (Phi) is 4.40. The van der Waals surface area contributed by atoms with E-state index < -0.39 is 5.97 Å². The number of aliphatic carboxylic acids is 1. The van der Waals surface area contributed by atoms with Gasteiger partial charge in [-0.3, -0.25) is 14.6 Å². The zero-order valence-electron chi connectivity index (χ0n) is 10.8. The number of hydrogen-bond donors (Lipinski definition) is 1. The fraction of sp³-hybridized carbons (Fsp3) is 0.923. The van der Waals surface area contributed by atoms with Crippen LogP contribution in [0, 0.1) is 0 Å². The topological polar surface area (TPSA) is 43.8 Å². The van der Waals surface area contributed by atoms with Crippen molar-refractivity contribution in [2.24, 2.45) is 0 Å². The highest BCUT2D eigenvalue weighted by Crippen LogP contribution is 2.30. The summed E-state index contributed by atoms with van der Waals surface area (Å²) < 4.78 is 0. The molecule has 1 N–H and O–H groups in total. The van der Waals surface area contributed by atoms with Crippen LogP contribution in [-0.4, -0.2) is 59.1 Å². The van der Waals surface area contributed by atoms with Crippen LogP contribution < -0.4 is 0 Å². The van der Waals surface area contributed by atoms with Gasteiger partial charge in [0.05, 0.1) is 6.54 Å². The van der Waals surface area contributed by atoms with Gasteiger partial charge in [-0.25, -0.2) is 0 Å². The van der Waals surface area contributed by atoms with Gasteiger partial charge in [0.2, 0.25) is 0 Å². The Morgan fingerprint density at radius 2 is 2.18 bits per heavy atom.